The van der Waals surface area contributed by atoms with Gasteiger partial charge in [-0.3, -0.25) is 19.2 Å². The standard InChI is InChI=1S/C52H83NO13/c1-13-14-15-18-32(4)43(62-10)29-39-22-20-37(9)52(61,66-39)49(58)50(59)53-24-17-16-19-40(53)51(60)65-44(34(6)27-38-21-23-41(54)45(28-38)63-11)30-42(55)33(5)26-36(8)47(57)48(64-12)46(56)35(7)25-31(2)3/h13-15,18,26,31,33-35,37-41,43-45,47-48,54,57,61H,1,16-17,19-25,27-30H2,2-12H3/b15-14+,32-18+,36-26+/t33-,34-,35-,37-,38+,39+,40+,41-,43+,44+,45-,47-,48+,52-/m1/s1. The lowest BCUT2D eigenvalue weighted by Crippen LogP contribution is -2.61. The molecule has 0 unspecified atom stereocenters. The molecule has 1 saturated carbocycles. The second-order valence-electron chi connectivity index (χ2n) is 19.9. The van der Waals surface area contributed by atoms with E-state index in [0.717, 1.165) is 12.0 Å². The minimum Gasteiger partial charge on any atom is -0.460 e. The van der Waals surface area contributed by atoms with E-state index in [1.165, 1.54) is 12.0 Å². The Kier molecular flexibility index (Phi) is 23.3. The van der Waals surface area contributed by atoms with Crippen LogP contribution in [0.1, 0.15) is 132 Å². The quantitative estimate of drug-likeness (QED) is 0.0374. The Morgan fingerprint density at radius 2 is 1.61 bits per heavy atom. The summed E-state index contributed by atoms with van der Waals surface area (Å²) in [6.45, 7) is 18.4. The Morgan fingerprint density at radius 1 is 0.909 bits per heavy atom. The van der Waals surface area contributed by atoms with Gasteiger partial charge in [0.25, 0.3) is 11.7 Å². The van der Waals surface area contributed by atoms with Crippen LogP contribution in [0, 0.1) is 35.5 Å². The largest absolute Gasteiger partial charge is 0.460 e. The number of likely N-dealkylation sites (tertiary alicyclic amines) is 1. The summed E-state index contributed by atoms with van der Waals surface area (Å²) in [5.41, 5.74) is 1.30. The SMILES string of the molecule is C=C/C=C/C=C(\C)[C@H](C[C@@H]1CC[C@@H](C)[C@](O)(C(=O)C(=O)N2CCCC[C@H]2C(=O)O[C@@H](CC(=O)[C@H](C)/C=C(\C)[C@@H](O)[C@@H](OC)C(=O)[C@H](C)CC(C)C)[C@H](C)C[C@@H]2CC[C@@H](O)[C@H](OC)C2)O1)OC. The van der Waals surface area contributed by atoms with E-state index in [4.69, 9.17) is 23.7 Å². The normalized spacial score (nSPS) is 28.8. The molecule has 14 nitrogen and oxygen atoms in total. The van der Waals surface area contributed by atoms with Crippen LogP contribution < -0.4 is 0 Å². The highest BCUT2D eigenvalue weighted by Crippen LogP contribution is 2.38. The molecule has 3 fully saturated rings. The van der Waals surface area contributed by atoms with Crippen molar-refractivity contribution in [3.05, 3.63) is 48.1 Å². The Hall–Kier alpha value is -3.37. The Balaban J connectivity index is 1.86. The molecule has 3 aliphatic rings. The molecule has 2 saturated heterocycles. The summed E-state index contributed by atoms with van der Waals surface area (Å²) in [5, 5.41) is 33.6. The van der Waals surface area contributed by atoms with Gasteiger partial charge in [-0.05, 0) is 107 Å². The summed E-state index contributed by atoms with van der Waals surface area (Å²) in [6, 6.07) is -1.15. The van der Waals surface area contributed by atoms with E-state index >= 15 is 0 Å². The summed E-state index contributed by atoms with van der Waals surface area (Å²) in [7, 11) is 4.51. The third kappa shape index (κ3) is 15.6. The van der Waals surface area contributed by atoms with Crippen LogP contribution in [0.3, 0.4) is 0 Å². The summed E-state index contributed by atoms with van der Waals surface area (Å²) in [4.78, 5) is 71.3. The zero-order valence-electron chi connectivity index (χ0n) is 41.7. The van der Waals surface area contributed by atoms with Crippen LogP contribution in [0.2, 0.25) is 0 Å². The minimum atomic E-state index is -2.43. The molecule has 3 rings (SSSR count). The first-order valence-corrected chi connectivity index (χ1v) is 24.2. The van der Waals surface area contributed by atoms with E-state index in [9.17, 15) is 39.3 Å². The van der Waals surface area contributed by atoms with Crippen LogP contribution >= 0.6 is 0 Å². The van der Waals surface area contributed by atoms with E-state index in [0.29, 0.717) is 63.4 Å². The number of hydrogen-bond donors (Lipinski definition) is 3. The number of methoxy groups -OCH3 is 3. The topological polar surface area (TPSA) is 195 Å². The number of ketones is 3. The van der Waals surface area contributed by atoms with Crippen molar-refractivity contribution in [1.82, 2.24) is 4.90 Å². The number of rotatable bonds is 25. The second kappa shape index (κ2) is 27.0. The number of esters is 1. The monoisotopic (exact) mass is 930 g/mol. The van der Waals surface area contributed by atoms with Crippen molar-refractivity contribution < 1.29 is 63.0 Å². The van der Waals surface area contributed by atoms with Crippen molar-refractivity contribution in [3.8, 4) is 0 Å². The molecular weight excluding hydrogens is 847 g/mol. The Morgan fingerprint density at radius 3 is 2.23 bits per heavy atom. The fourth-order valence-electron chi connectivity index (χ4n) is 9.95. The van der Waals surface area contributed by atoms with Gasteiger partial charge in [0.15, 0.2) is 5.78 Å². The maximum atomic E-state index is 14.4. The van der Waals surface area contributed by atoms with Crippen LogP contribution in [0.5, 0.6) is 0 Å². The van der Waals surface area contributed by atoms with Gasteiger partial charge in [-0.25, -0.2) is 4.79 Å². The Bertz CT molecular complexity index is 1720. The smallest absolute Gasteiger partial charge is 0.329 e. The van der Waals surface area contributed by atoms with Crippen molar-refractivity contribution in [2.24, 2.45) is 35.5 Å². The van der Waals surface area contributed by atoms with Crippen molar-refractivity contribution in [3.63, 3.8) is 0 Å². The highest BCUT2D eigenvalue weighted by molar-refractivity contribution is 6.39. The zero-order valence-corrected chi connectivity index (χ0v) is 41.7. The van der Waals surface area contributed by atoms with Crippen LogP contribution in [-0.4, -0.2) is 132 Å². The molecule has 14 atom stereocenters. The summed E-state index contributed by atoms with van der Waals surface area (Å²) in [5.74, 6) is -7.59. The van der Waals surface area contributed by atoms with Crippen LogP contribution in [-0.2, 0) is 47.7 Å². The highest BCUT2D eigenvalue weighted by atomic mass is 16.6. The summed E-state index contributed by atoms with van der Waals surface area (Å²) >= 11 is 0. The second-order valence-corrected chi connectivity index (χ2v) is 19.9. The van der Waals surface area contributed by atoms with Gasteiger partial charge >= 0.3 is 5.97 Å². The van der Waals surface area contributed by atoms with Gasteiger partial charge in [-0.15, -0.1) is 0 Å². The van der Waals surface area contributed by atoms with Gasteiger partial charge in [0.1, 0.15) is 30.1 Å². The lowest BCUT2D eigenvalue weighted by molar-refractivity contribution is -0.265. The molecule has 2 aliphatic heterocycles. The molecule has 1 amide bonds. The van der Waals surface area contributed by atoms with Crippen LogP contribution in [0.25, 0.3) is 0 Å². The number of allylic oxidation sites excluding steroid dienone is 5. The van der Waals surface area contributed by atoms with Gasteiger partial charge in [-0.2, -0.15) is 0 Å². The molecule has 66 heavy (non-hydrogen) atoms. The molecule has 3 N–H and O–H groups in total. The highest BCUT2D eigenvalue weighted by Gasteiger charge is 2.53. The van der Waals surface area contributed by atoms with Gasteiger partial charge < -0.3 is 43.9 Å². The molecule has 0 bridgehead atoms. The number of carbonyl (C=O) groups excluding carboxylic acids is 5. The number of amides is 1. The van der Waals surface area contributed by atoms with Crippen LogP contribution in [0.4, 0.5) is 0 Å². The number of Topliss-reactive ketones (excluding diaryl/α,β-unsaturated/α-hetero) is 3. The van der Waals surface area contributed by atoms with Gasteiger partial charge in [-0.1, -0.05) is 78.5 Å². The average molecular weight is 930 g/mol. The summed E-state index contributed by atoms with van der Waals surface area (Å²) in [6.07, 6.45) is 9.04. The van der Waals surface area contributed by atoms with Gasteiger partial charge in [0.2, 0.25) is 5.79 Å². The van der Waals surface area contributed by atoms with Crippen LogP contribution in [0.15, 0.2) is 48.1 Å². The van der Waals surface area contributed by atoms with E-state index in [-0.39, 0.29) is 66.8 Å². The average Bonchev–Trinajstić information content (AvgIpc) is 3.28. The fourth-order valence-corrected chi connectivity index (χ4v) is 9.95. The zero-order chi connectivity index (χ0) is 49.5. The lowest BCUT2D eigenvalue weighted by atomic mass is 9.78. The van der Waals surface area contributed by atoms with E-state index in [1.807, 2.05) is 46.8 Å². The summed E-state index contributed by atoms with van der Waals surface area (Å²) < 4.78 is 29.1. The van der Waals surface area contributed by atoms with E-state index in [1.54, 1.807) is 53.2 Å². The number of carbonyl (C=O) groups is 5. The number of nitrogens with zero attached hydrogens (tertiary/aromatic N) is 1. The maximum absolute atomic E-state index is 14.4. The predicted molar refractivity (Wildman–Crippen MR) is 252 cm³/mol. The molecule has 0 aromatic carbocycles. The first kappa shape index (κ1) is 57.0. The molecule has 0 aromatic heterocycles. The molecule has 374 valence electrons. The molecule has 14 heteroatoms. The van der Waals surface area contributed by atoms with Crippen molar-refractivity contribution >= 4 is 29.2 Å². The Labute approximate surface area is 394 Å². The molecular formula is C52H83NO13. The third-order valence-corrected chi connectivity index (χ3v) is 14.2. The van der Waals surface area contributed by atoms with Crippen molar-refractivity contribution in [2.75, 3.05) is 27.9 Å². The number of ether oxygens (including phenoxy) is 5. The number of hydrogen-bond acceptors (Lipinski definition) is 13. The minimum absolute atomic E-state index is 0.0821. The molecule has 2 heterocycles. The lowest BCUT2D eigenvalue weighted by Gasteiger charge is -2.42. The van der Waals surface area contributed by atoms with E-state index in [2.05, 4.69) is 6.58 Å². The third-order valence-electron chi connectivity index (χ3n) is 14.2. The number of aliphatic hydroxyl groups excluding tert-OH is 2. The van der Waals surface area contributed by atoms with Gasteiger partial charge in [0.05, 0.1) is 24.4 Å². The van der Waals surface area contributed by atoms with Crippen molar-refractivity contribution in [2.45, 2.75) is 187 Å². The number of aliphatic hydroxyl groups is 3. The first-order chi connectivity index (χ1) is 31.1. The molecule has 1 aliphatic carbocycles. The first-order valence-electron chi connectivity index (χ1n) is 24.2. The molecule has 0 spiro atoms. The molecule has 0 radical (unpaired) electrons. The number of piperidine rings is 1. The van der Waals surface area contributed by atoms with Gasteiger partial charge in [0, 0.05) is 58.5 Å². The maximum Gasteiger partial charge on any atom is 0.329 e. The predicted octanol–water partition coefficient (Wildman–Crippen LogP) is 6.82. The van der Waals surface area contributed by atoms with E-state index < -0.39 is 71.8 Å². The molecule has 0 aromatic rings. The fraction of sp³-hybridized carbons (Fsp3) is 0.750. The van der Waals surface area contributed by atoms with Crippen molar-refractivity contribution in [1.29, 1.82) is 0 Å².